The van der Waals surface area contributed by atoms with Gasteiger partial charge in [0.25, 0.3) is 0 Å². The molecule has 0 aliphatic heterocycles. The van der Waals surface area contributed by atoms with Crippen LogP contribution in [0.1, 0.15) is 18.9 Å². The number of aliphatic hydroxyl groups is 1. The van der Waals surface area contributed by atoms with Gasteiger partial charge in [-0.25, -0.2) is 0 Å². The van der Waals surface area contributed by atoms with Crippen LogP contribution in [0.3, 0.4) is 0 Å². The maximum atomic E-state index is 12.3. The van der Waals surface area contributed by atoms with Crippen molar-refractivity contribution >= 4 is 11.6 Å². The third-order valence-electron chi connectivity index (χ3n) is 3.52. The number of hydrogen-bond acceptors (Lipinski definition) is 4. The molecule has 0 spiro atoms. The summed E-state index contributed by atoms with van der Waals surface area (Å²) in [7, 11) is 0. The predicted octanol–water partition coefficient (Wildman–Crippen LogP) is 1.98. The number of carbonyl (C=O) groups is 1. The number of carbonyl (C=O) groups excluding carboxylic acids is 1. The molecule has 0 saturated carbocycles. The second-order valence-corrected chi connectivity index (χ2v) is 5.53. The normalized spacial score (nSPS) is 11.7. The van der Waals surface area contributed by atoms with E-state index < -0.39 is 0 Å². The molecule has 0 saturated heterocycles. The third-order valence-corrected chi connectivity index (χ3v) is 3.52. The first-order valence-corrected chi connectivity index (χ1v) is 7.78. The van der Waals surface area contributed by atoms with E-state index in [0.717, 1.165) is 11.3 Å². The van der Waals surface area contributed by atoms with Crippen LogP contribution in [-0.2, 0) is 11.3 Å². The maximum Gasteiger partial charge on any atom is 0.239 e. The van der Waals surface area contributed by atoms with Crippen LogP contribution in [0.25, 0.3) is 0 Å². The Labute approximate surface area is 137 Å². The van der Waals surface area contributed by atoms with Crippen LogP contribution in [0.2, 0.25) is 0 Å². The lowest BCUT2D eigenvalue weighted by atomic mass is 10.2. The molecule has 0 aliphatic rings. The molecular formula is C18H23N3O2. The zero-order valence-corrected chi connectivity index (χ0v) is 13.4. The summed E-state index contributed by atoms with van der Waals surface area (Å²) >= 11 is 0. The average Bonchev–Trinajstić information content (AvgIpc) is 2.56. The van der Waals surface area contributed by atoms with E-state index in [0.29, 0.717) is 13.0 Å². The van der Waals surface area contributed by atoms with Crippen molar-refractivity contribution in [1.29, 1.82) is 0 Å². The van der Waals surface area contributed by atoms with E-state index in [4.69, 9.17) is 5.11 Å². The Morgan fingerprint density at radius 3 is 2.70 bits per heavy atom. The first-order valence-electron chi connectivity index (χ1n) is 7.78. The molecule has 2 aromatic rings. The molecule has 1 amide bonds. The number of benzene rings is 1. The highest BCUT2D eigenvalue weighted by Crippen LogP contribution is 2.16. The summed E-state index contributed by atoms with van der Waals surface area (Å²) in [5.41, 5.74) is 2.04. The number of aliphatic hydroxyl groups excluding tert-OH is 1. The third kappa shape index (κ3) is 5.71. The molecule has 5 heteroatoms. The highest BCUT2D eigenvalue weighted by molar-refractivity contribution is 5.81. The van der Waals surface area contributed by atoms with Gasteiger partial charge in [0.2, 0.25) is 5.91 Å². The molecule has 1 unspecified atom stereocenters. The minimum absolute atomic E-state index is 0.0384. The summed E-state index contributed by atoms with van der Waals surface area (Å²) in [6.07, 6.45) is 4.10. The number of nitrogens with one attached hydrogen (secondary N) is 1. The van der Waals surface area contributed by atoms with Crippen LogP contribution in [0.15, 0.2) is 54.9 Å². The molecule has 2 rings (SSSR count). The van der Waals surface area contributed by atoms with Gasteiger partial charge in [-0.1, -0.05) is 24.3 Å². The van der Waals surface area contributed by atoms with E-state index in [9.17, 15) is 4.79 Å². The first-order chi connectivity index (χ1) is 11.2. The molecule has 0 bridgehead atoms. The standard InChI is InChI=1S/C18H23N3O2/c1-15(9-11-22)20-18(23)14-21(17-7-3-2-4-8-17)13-16-6-5-10-19-12-16/h2-8,10,12,15,22H,9,11,13-14H2,1H3,(H,20,23). The fourth-order valence-electron chi connectivity index (χ4n) is 2.35. The number of nitrogens with zero attached hydrogens (tertiary/aromatic N) is 2. The minimum atomic E-state index is -0.0568. The molecule has 1 aromatic heterocycles. The number of aromatic nitrogens is 1. The van der Waals surface area contributed by atoms with Crippen molar-refractivity contribution in [2.45, 2.75) is 25.9 Å². The molecular weight excluding hydrogens is 290 g/mol. The monoisotopic (exact) mass is 313 g/mol. The smallest absolute Gasteiger partial charge is 0.239 e. The van der Waals surface area contributed by atoms with E-state index in [1.807, 2.05) is 60.5 Å². The van der Waals surface area contributed by atoms with Gasteiger partial charge in [0.15, 0.2) is 0 Å². The lowest BCUT2D eigenvalue weighted by Crippen LogP contribution is -2.41. The summed E-state index contributed by atoms with van der Waals surface area (Å²) in [4.78, 5) is 18.4. The Kier molecular flexibility index (Phi) is 6.56. The van der Waals surface area contributed by atoms with Crippen molar-refractivity contribution in [2.75, 3.05) is 18.1 Å². The summed E-state index contributed by atoms with van der Waals surface area (Å²) in [6.45, 7) is 2.83. The van der Waals surface area contributed by atoms with Crippen molar-refractivity contribution in [2.24, 2.45) is 0 Å². The number of amides is 1. The van der Waals surface area contributed by atoms with Crippen molar-refractivity contribution in [3.8, 4) is 0 Å². The van der Waals surface area contributed by atoms with Gasteiger partial charge >= 0.3 is 0 Å². The second kappa shape index (κ2) is 8.90. The van der Waals surface area contributed by atoms with Gasteiger partial charge in [0.1, 0.15) is 0 Å². The van der Waals surface area contributed by atoms with Gasteiger partial charge in [0, 0.05) is 37.3 Å². The summed E-state index contributed by atoms with van der Waals surface area (Å²) < 4.78 is 0. The lowest BCUT2D eigenvalue weighted by molar-refractivity contribution is -0.120. The predicted molar refractivity (Wildman–Crippen MR) is 91.0 cm³/mol. The topological polar surface area (TPSA) is 65.5 Å². The molecule has 0 aliphatic carbocycles. The molecule has 0 fully saturated rings. The van der Waals surface area contributed by atoms with Crippen molar-refractivity contribution in [3.05, 3.63) is 60.4 Å². The molecule has 122 valence electrons. The zero-order chi connectivity index (χ0) is 16.5. The number of hydrogen-bond donors (Lipinski definition) is 2. The Hall–Kier alpha value is -2.40. The fraction of sp³-hybridized carbons (Fsp3) is 0.333. The molecule has 5 nitrogen and oxygen atoms in total. The number of para-hydroxylation sites is 1. The van der Waals surface area contributed by atoms with Crippen LogP contribution < -0.4 is 10.2 Å². The van der Waals surface area contributed by atoms with Gasteiger partial charge in [-0.15, -0.1) is 0 Å². The van der Waals surface area contributed by atoms with Crippen LogP contribution in [0.4, 0.5) is 5.69 Å². The minimum Gasteiger partial charge on any atom is -0.396 e. The molecule has 1 atom stereocenters. The molecule has 1 aromatic carbocycles. The first kappa shape index (κ1) is 17.0. The van der Waals surface area contributed by atoms with Crippen molar-refractivity contribution in [1.82, 2.24) is 10.3 Å². The van der Waals surface area contributed by atoms with Gasteiger partial charge in [-0.3, -0.25) is 9.78 Å². The van der Waals surface area contributed by atoms with E-state index >= 15 is 0 Å². The van der Waals surface area contributed by atoms with Crippen molar-refractivity contribution < 1.29 is 9.90 Å². The van der Waals surface area contributed by atoms with E-state index in [1.54, 1.807) is 6.20 Å². The lowest BCUT2D eigenvalue weighted by Gasteiger charge is -2.25. The summed E-state index contributed by atoms with van der Waals surface area (Å²) in [5.74, 6) is -0.0568. The van der Waals surface area contributed by atoms with Gasteiger partial charge < -0.3 is 15.3 Å². The van der Waals surface area contributed by atoms with E-state index in [2.05, 4.69) is 10.3 Å². The molecule has 0 radical (unpaired) electrons. The Morgan fingerprint density at radius 1 is 1.26 bits per heavy atom. The second-order valence-electron chi connectivity index (χ2n) is 5.53. The van der Waals surface area contributed by atoms with Gasteiger partial charge in [0.05, 0.1) is 6.54 Å². The van der Waals surface area contributed by atoms with Crippen LogP contribution in [0.5, 0.6) is 0 Å². The number of pyridine rings is 1. The highest BCUT2D eigenvalue weighted by atomic mass is 16.3. The van der Waals surface area contributed by atoms with Crippen molar-refractivity contribution in [3.63, 3.8) is 0 Å². The van der Waals surface area contributed by atoms with E-state index in [1.165, 1.54) is 0 Å². The Balaban J connectivity index is 2.06. The van der Waals surface area contributed by atoms with Gasteiger partial charge in [-0.05, 0) is 37.1 Å². The SMILES string of the molecule is CC(CCO)NC(=O)CN(Cc1cccnc1)c1ccccc1. The van der Waals surface area contributed by atoms with Crippen LogP contribution >= 0.6 is 0 Å². The maximum absolute atomic E-state index is 12.3. The quantitative estimate of drug-likeness (QED) is 0.782. The average molecular weight is 313 g/mol. The molecule has 2 N–H and O–H groups in total. The molecule has 23 heavy (non-hydrogen) atoms. The molecule has 1 heterocycles. The number of rotatable bonds is 8. The Bertz CT molecular complexity index is 590. The zero-order valence-electron chi connectivity index (χ0n) is 13.4. The summed E-state index contributed by atoms with van der Waals surface area (Å²) in [6, 6.07) is 13.7. The largest absolute Gasteiger partial charge is 0.396 e. The highest BCUT2D eigenvalue weighted by Gasteiger charge is 2.14. The number of anilines is 1. The Morgan fingerprint density at radius 2 is 2.04 bits per heavy atom. The van der Waals surface area contributed by atoms with Gasteiger partial charge in [-0.2, -0.15) is 0 Å². The summed E-state index contributed by atoms with van der Waals surface area (Å²) in [5, 5.41) is 11.8. The van der Waals surface area contributed by atoms with Crippen LogP contribution in [0, 0.1) is 0 Å². The van der Waals surface area contributed by atoms with Crippen LogP contribution in [-0.4, -0.2) is 35.2 Å². The van der Waals surface area contributed by atoms with E-state index in [-0.39, 0.29) is 25.1 Å². The fourth-order valence-corrected chi connectivity index (χ4v) is 2.35.